The molecule has 2 aliphatic carbocycles. The summed E-state index contributed by atoms with van der Waals surface area (Å²) in [5.74, 6) is -1.91. The number of hydrogen-bond acceptors (Lipinski definition) is 11. The number of aliphatic hydroxyl groups excluding tert-OH is 1. The van der Waals surface area contributed by atoms with E-state index in [-0.39, 0.29) is 48.6 Å². The van der Waals surface area contributed by atoms with Crippen LogP contribution in [0.2, 0.25) is 0 Å². The van der Waals surface area contributed by atoms with Gasteiger partial charge in [-0.2, -0.15) is 9.97 Å². The van der Waals surface area contributed by atoms with Gasteiger partial charge in [0.2, 0.25) is 11.6 Å². The molecule has 2 aromatic rings. The first-order valence-corrected chi connectivity index (χ1v) is 14.7. The molecule has 3 aliphatic rings. The van der Waals surface area contributed by atoms with Gasteiger partial charge >= 0.3 is 5.69 Å². The highest BCUT2D eigenvalue weighted by atomic mass is 32.2. The molecule has 41 heavy (non-hydrogen) atoms. The zero-order valence-electron chi connectivity index (χ0n) is 23.4. The molecule has 14 heteroatoms. The van der Waals surface area contributed by atoms with Crippen LogP contribution in [0.5, 0.6) is 0 Å². The van der Waals surface area contributed by atoms with E-state index in [9.17, 15) is 24.0 Å². The fraction of sp³-hybridized carbons (Fsp3) is 0.630. The number of thioether (sulfide) groups is 1. The van der Waals surface area contributed by atoms with E-state index in [4.69, 9.17) is 14.2 Å². The van der Waals surface area contributed by atoms with E-state index < -0.39 is 40.6 Å². The van der Waals surface area contributed by atoms with Crippen LogP contribution in [0.25, 0.3) is 0 Å². The molecule has 2 heterocycles. The topological polar surface area (TPSA) is 132 Å². The second kappa shape index (κ2) is 11.9. The minimum absolute atomic E-state index is 0.0651. The third kappa shape index (κ3) is 6.26. The van der Waals surface area contributed by atoms with E-state index >= 15 is 0 Å². The van der Waals surface area contributed by atoms with Crippen molar-refractivity contribution in [3.63, 3.8) is 0 Å². The zero-order valence-corrected chi connectivity index (χ0v) is 24.2. The van der Waals surface area contributed by atoms with Crippen molar-refractivity contribution in [2.75, 3.05) is 36.2 Å². The maximum Gasteiger partial charge on any atom is 0.353 e. The van der Waals surface area contributed by atoms with Gasteiger partial charge in [0.05, 0.1) is 30.3 Å². The SMILES string of the molecule is CCCSc1nc(N[C@@H]2C[C@H](OCCO)[C@H]3OC(C)(C)OC23)c([N+](=O)[O-])c(N(C)C2C[C@H]2c2ccc(F)c(F)c2)n1. The average Bonchev–Trinajstić information content (AvgIpc) is 3.58. The van der Waals surface area contributed by atoms with Crippen molar-refractivity contribution >= 4 is 29.1 Å². The maximum atomic E-state index is 13.9. The van der Waals surface area contributed by atoms with Gasteiger partial charge in [0.15, 0.2) is 22.6 Å². The van der Waals surface area contributed by atoms with E-state index in [0.29, 0.717) is 23.6 Å². The highest BCUT2D eigenvalue weighted by Crippen LogP contribution is 2.48. The normalized spacial score (nSPS) is 28.0. The summed E-state index contributed by atoms with van der Waals surface area (Å²) in [7, 11) is 1.72. The summed E-state index contributed by atoms with van der Waals surface area (Å²) in [6, 6.07) is 3.20. The Labute approximate surface area is 241 Å². The van der Waals surface area contributed by atoms with Crippen LogP contribution in [0.15, 0.2) is 23.4 Å². The van der Waals surface area contributed by atoms with Gasteiger partial charge in [0.1, 0.15) is 12.2 Å². The van der Waals surface area contributed by atoms with Crippen LogP contribution in [-0.2, 0) is 14.2 Å². The highest BCUT2D eigenvalue weighted by Gasteiger charge is 2.55. The Hall–Kier alpha value is -2.65. The minimum Gasteiger partial charge on any atom is -0.394 e. The first kappa shape index (κ1) is 29.8. The van der Waals surface area contributed by atoms with E-state index in [1.54, 1.807) is 25.8 Å². The van der Waals surface area contributed by atoms with Gasteiger partial charge in [0.25, 0.3) is 0 Å². The lowest BCUT2D eigenvalue weighted by Gasteiger charge is -2.25. The summed E-state index contributed by atoms with van der Waals surface area (Å²) in [5.41, 5.74) is 0.349. The molecule has 11 nitrogen and oxygen atoms in total. The monoisotopic (exact) mass is 595 g/mol. The van der Waals surface area contributed by atoms with Gasteiger partial charge < -0.3 is 29.5 Å². The standard InChI is InChI=1S/C27H35F2N5O6S/c1-5-10-41-26-31-24(30-18-13-20(38-9-8-35)23-22(18)39-27(2,3)40-23)21(34(36)37)25(32-26)33(4)19-12-15(19)14-6-7-16(28)17(29)11-14/h6-7,11,15,18-20,22-23,35H,5,8-10,12-13H2,1-4H3,(H,30,31,32)/t15-,18+,19?,20-,22?,23+/m0/s1. The quantitative estimate of drug-likeness (QED) is 0.158. The molecule has 1 aromatic carbocycles. The maximum absolute atomic E-state index is 13.9. The highest BCUT2D eigenvalue weighted by molar-refractivity contribution is 7.99. The molecular weight excluding hydrogens is 560 g/mol. The number of nitrogens with zero attached hydrogens (tertiary/aromatic N) is 4. The minimum atomic E-state index is -0.925. The van der Waals surface area contributed by atoms with E-state index in [2.05, 4.69) is 15.3 Å². The predicted octanol–water partition coefficient (Wildman–Crippen LogP) is 4.24. The molecule has 224 valence electrons. The summed E-state index contributed by atoms with van der Waals surface area (Å²) in [6.45, 7) is 5.60. The summed E-state index contributed by atoms with van der Waals surface area (Å²) >= 11 is 1.40. The number of anilines is 2. The molecule has 0 spiro atoms. The predicted molar refractivity (Wildman–Crippen MR) is 148 cm³/mol. The van der Waals surface area contributed by atoms with Crippen molar-refractivity contribution in [1.29, 1.82) is 0 Å². The van der Waals surface area contributed by atoms with Crippen molar-refractivity contribution < 1.29 is 33.0 Å². The van der Waals surface area contributed by atoms with Gasteiger partial charge in [-0.25, -0.2) is 8.78 Å². The molecule has 5 rings (SSSR count). The second-order valence-electron chi connectivity index (χ2n) is 11.0. The molecule has 0 amide bonds. The van der Waals surface area contributed by atoms with E-state index in [1.807, 2.05) is 6.92 Å². The Kier molecular flexibility index (Phi) is 8.67. The average molecular weight is 596 g/mol. The number of benzene rings is 1. The number of nitrogens with one attached hydrogen (secondary N) is 1. The van der Waals surface area contributed by atoms with E-state index in [1.165, 1.54) is 23.9 Å². The van der Waals surface area contributed by atoms with Gasteiger partial charge in [-0.05, 0) is 50.8 Å². The van der Waals surface area contributed by atoms with Crippen LogP contribution in [0.3, 0.4) is 0 Å². The summed E-state index contributed by atoms with van der Waals surface area (Å²) in [6.07, 6.45) is 0.629. The zero-order chi connectivity index (χ0) is 29.5. The Morgan fingerprint density at radius 2 is 2.00 bits per heavy atom. The number of rotatable bonds is 12. The molecular formula is C27H35F2N5O6S. The summed E-state index contributed by atoms with van der Waals surface area (Å²) in [4.78, 5) is 22.9. The number of halogens is 2. The van der Waals surface area contributed by atoms with Crippen molar-refractivity contribution in [3.05, 3.63) is 45.5 Å². The number of fused-ring (bicyclic) bond motifs is 1. The number of nitro groups is 1. The van der Waals surface area contributed by atoms with Gasteiger partial charge in [-0.15, -0.1) is 0 Å². The molecule has 2 unspecified atom stereocenters. The number of hydrogen-bond donors (Lipinski definition) is 2. The lowest BCUT2D eigenvalue weighted by Crippen LogP contribution is -2.35. The molecule has 0 bridgehead atoms. The van der Waals surface area contributed by atoms with Gasteiger partial charge in [-0.3, -0.25) is 10.1 Å². The summed E-state index contributed by atoms with van der Waals surface area (Å²) < 4.78 is 45.4. The van der Waals surface area contributed by atoms with Gasteiger partial charge in [0, 0.05) is 24.8 Å². The van der Waals surface area contributed by atoms with Crippen molar-refractivity contribution in [1.82, 2.24) is 9.97 Å². The van der Waals surface area contributed by atoms with Crippen molar-refractivity contribution in [3.8, 4) is 0 Å². The second-order valence-corrected chi connectivity index (χ2v) is 12.1. The third-order valence-corrected chi connectivity index (χ3v) is 8.63. The number of aliphatic hydroxyl groups is 1. The third-order valence-electron chi connectivity index (χ3n) is 7.58. The number of aromatic nitrogens is 2. The Morgan fingerprint density at radius 1 is 1.24 bits per heavy atom. The van der Waals surface area contributed by atoms with Crippen LogP contribution in [0.4, 0.5) is 26.1 Å². The summed E-state index contributed by atoms with van der Waals surface area (Å²) in [5, 5.41) is 25.4. The van der Waals surface area contributed by atoms with Crippen LogP contribution in [0.1, 0.15) is 51.5 Å². The van der Waals surface area contributed by atoms with Crippen LogP contribution >= 0.6 is 11.8 Å². The molecule has 2 N–H and O–H groups in total. The fourth-order valence-electron chi connectivity index (χ4n) is 5.68. The van der Waals surface area contributed by atoms with E-state index in [0.717, 1.165) is 18.2 Å². The van der Waals surface area contributed by atoms with Crippen molar-refractivity contribution in [2.24, 2.45) is 0 Å². The van der Waals surface area contributed by atoms with Crippen molar-refractivity contribution in [2.45, 2.75) is 87.3 Å². The largest absolute Gasteiger partial charge is 0.394 e. The Balaban J connectivity index is 1.46. The Morgan fingerprint density at radius 3 is 2.68 bits per heavy atom. The molecule has 2 saturated carbocycles. The molecule has 1 aliphatic heterocycles. The molecule has 1 aromatic heterocycles. The molecule has 1 saturated heterocycles. The van der Waals surface area contributed by atoms with Crippen LogP contribution in [-0.4, -0.2) is 82.2 Å². The Bertz CT molecular complexity index is 1290. The molecule has 6 atom stereocenters. The molecule has 0 radical (unpaired) electrons. The number of likely N-dealkylation sites (N-methyl/N-ethyl adjacent to an activating group) is 1. The fourth-order valence-corrected chi connectivity index (χ4v) is 6.38. The first-order valence-electron chi connectivity index (χ1n) is 13.7. The number of ether oxygens (including phenoxy) is 3. The molecule has 3 fully saturated rings. The van der Waals surface area contributed by atoms with Crippen LogP contribution in [0, 0.1) is 21.7 Å². The lowest BCUT2D eigenvalue weighted by atomic mass is 10.1. The first-order chi connectivity index (χ1) is 19.5. The van der Waals surface area contributed by atoms with Gasteiger partial charge in [-0.1, -0.05) is 24.8 Å². The lowest BCUT2D eigenvalue weighted by molar-refractivity contribution is -0.383. The van der Waals surface area contributed by atoms with Crippen LogP contribution < -0.4 is 10.2 Å². The smallest absolute Gasteiger partial charge is 0.353 e.